The van der Waals surface area contributed by atoms with Gasteiger partial charge in [0.25, 0.3) is 0 Å². The highest BCUT2D eigenvalue weighted by Crippen LogP contribution is 2.15. The number of carbonyl (C=O) groups excluding carboxylic acids is 2. The first-order chi connectivity index (χ1) is 10.5. The van der Waals surface area contributed by atoms with Crippen molar-refractivity contribution in [2.75, 3.05) is 18.5 Å². The fourth-order valence-electron chi connectivity index (χ4n) is 2.57. The molecule has 5 heteroatoms. The van der Waals surface area contributed by atoms with Gasteiger partial charge in [-0.2, -0.15) is 0 Å². The number of nitrogens with zero attached hydrogens (tertiary/aromatic N) is 1. The number of hydrogen-bond donors (Lipinski definition) is 1. The normalized spacial score (nSPS) is 21.9. The van der Waals surface area contributed by atoms with Crippen LogP contribution >= 0.6 is 0 Å². The van der Waals surface area contributed by atoms with Gasteiger partial charge in [0.1, 0.15) is 0 Å². The zero-order valence-corrected chi connectivity index (χ0v) is 13.2. The molecule has 0 aromatic heterocycles. The number of amides is 2. The van der Waals surface area contributed by atoms with Crippen LogP contribution in [0.4, 0.5) is 5.69 Å². The summed E-state index contributed by atoms with van der Waals surface area (Å²) in [7, 11) is 0. The Morgan fingerprint density at radius 1 is 1.18 bits per heavy atom. The maximum Gasteiger partial charge on any atom is 0.247 e. The van der Waals surface area contributed by atoms with E-state index in [1.807, 2.05) is 43.0 Å². The summed E-state index contributed by atoms with van der Waals surface area (Å²) in [6, 6.07) is 7.52. The molecule has 1 aromatic carbocycles. The topological polar surface area (TPSA) is 58.6 Å². The van der Waals surface area contributed by atoms with Gasteiger partial charge in [-0.3, -0.25) is 9.59 Å². The van der Waals surface area contributed by atoms with E-state index >= 15 is 0 Å². The molecule has 1 aromatic rings. The number of rotatable bonds is 3. The molecule has 1 fully saturated rings. The van der Waals surface area contributed by atoms with Crippen LogP contribution in [0, 0.1) is 0 Å². The molecule has 0 aliphatic carbocycles. The third-order valence-electron chi connectivity index (χ3n) is 3.57. The van der Waals surface area contributed by atoms with Crippen molar-refractivity contribution in [3.63, 3.8) is 0 Å². The largest absolute Gasteiger partial charge is 0.377 e. The Kier molecular flexibility index (Phi) is 5.33. The first-order valence-corrected chi connectivity index (χ1v) is 7.43. The van der Waals surface area contributed by atoms with Crippen molar-refractivity contribution in [1.29, 1.82) is 0 Å². The predicted molar refractivity (Wildman–Crippen MR) is 86.4 cm³/mol. The fraction of sp³-hybridized carbons (Fsp3) is 0.412. The highest BCUT2D eigenvalue weighted by Gasteiger charge is 2.28. The molecule has 0 spiro atoms. The predicted octanol–water partition coefficient (Wildman–Crippen LogP) is 2.29. The van der Waals surface area contributed by atoms with Crippen LogP contribution in [0.2, 0.25) is 0 Å². The third kappa shape index (κ3) is 4.18. The SMILES string of the molecule is CC(=O)Nc1ccc(/C=C/C(=O)N2[C@H](C)COC[C@@H]2C)cc1. The molecule has 2 rings (SSSR count). The van der Waals surface area contributed by atoms with Crippen molar-refractivity contribution in [1.82, 2.24) is 4.90 Å². The minimum absolute atomic E-state index is 0.00534. The quantitative estimate of drug-likeness (QED) is 0.872. The van der Waals surface area contributed by atoms with Crippen molar-refractivity contribution in [2.24, 2.45) is 0 Å². The zero-order valence-electron chi connectivity index (χ0n) is 13.2. The molecule has 0 saturated carbocycles. The Morgan fingerprint density at radius 3 is 2.32 bits per heavy atom. The molecule has 0 bridgehead atoms. The van der Waals surface area contributed by atoms with Gasteiger partial charge in [-0.05, 0) is 37.6 Å². The van der Waals surface area contributed by atoms with Gasteiger partial charge < -0.3 is 15.0 Å². The van der Waals surface area contributed by atoms with Crippen LogP contribution in [0.5, 0.6) is 0 Å². The summed E-state index contributed by atoms with van der Waals surface area (Å²) in [5.41, 5.74) is 1.66. The molecule has 118 valence electrons. The van der Waals surface area contributed by atoms with E-state index in [9.17, 15) is 9.59 Å². The van der Waals surface area contributed by atoms with Crippen LogP contribution in [0.25, 0.3) is 6.08 Å². The Morgan fingerprint density at radius 2 is 1.77 bits per heavy atom. The van der Waals surface area contributed by atoms with Gasteiger partial charge in [0.05, 0.1) is 25.3 Å². The minimum Gasteiger partial charge on any atom is -0.377 e. The van der Waals surface area contributed by atoms with E-state index in [-0.39, 0.29) is 23.9 Å². The number of carbonyl (C=O) groups is 2. The Balaban J connectivity index is 2.01. The number of hydrogen-bond acceptors (Lipinski definition) is 3. The van der Waals surface area contributed by atoms with E-state index in [0.29, 0.717) is 13.2 Å². The van der Waals surface area contributed by atoms with E-state index in [1.165, 1.54) is 6.92 Å². The van der Waals surface area contributed by atoms with Gasteiger partial charge in [-0.15, -0.1) is 0 Å². The second-order valence-corrected chi connectivity index (χ2v) is 5.62. The van der Waals surface area contributed by atoms with Crippen LogP contribution < -0.4 is 5.32 Å². The number of morpholine rings is 1. The van der Waals surface area contributed by atoms with E-state index < -0.39 is 0 Å². The summed E-state index contributed by atoms with van der Waals surface area (Å²) in [5, 5.41) is 2.71. The van der Waals surface area contributed by atoms with Crippen molar-refractivity contribution in [3.8, 4) is 0 Å². The lowest BCUT2D eigenvalue weighted by Crippen LogP contribution is -2.51. The second kappa shape index (κ2) is 7.22. The van der Waals surface area contributed by atoms with Crippen molar-refractivity contribution in [3.05, 3.63) is 35.9 Å². The second-order valence-electron chi connectivity index (χ2n) is 5.62. The monoisotopic (exact) mass is 302 g/mol. The minimum atomic E-state index is -0.103. The van der Waals surface area contributed by atoms with Crippen LogP contribution in [0.1, 0.15) is 26.3 Å². The molecular formula is C17H22N2O3. The first-order valence-electron chi connectivity index (χ1n) is 7.43. The summed E-state index contributed by atoms with van der Waals surface area (Å²) >= 11 is 0. The van der Waals surface area contributed by atoms with Crippen molar-refractivity contribution < 1.29 is 14.3 Å². The Labute approximate surface area is 130 Å². The van der Waals surface area contributed by atoms with Gasteiger partial charge in [0, 0.05) is 18.7 Å². The van der Waals surface area contributed by atoms with Gasteiger partial charge in [-0.25, -0.2) is 0 Å². The average Bonchev–Trinajstić information content (AvgIpc) is 2.46. The lowest BCUT2D eigenvalue weighted by molar-refractivity contribution is -0.138. The fourth-order valence-corrected chi connectivity index (χ4v) is 2.57. The van der Waals surface area contributed by atoms with Gasteiger partial charge in [0.15, 0.2) is 0 Å². The highest BCUT2D eigenvalue weighted by atomic mass is 16.5. The average molecular weight is 302 g/mol. The first kappa shape index (κ1) is 16.2. The molecule has 1 saturated heterocycles. The number of benzene rings is 1. The summed E-state index contributed by atoms with van der Waals surface area (Å²) in [6.07, 6.45) is 3.38. The van der Waals surface area contributed by atoms with Crippen LogP contribution in [0.15, 0.2) is 30.3 Å². The lowest BCUT2D eigenvalue weighted by atomic mass is 10.1. The maximum atomic E-state index is 12.3. The maximum absolute atomic E-state index is 12.3. The molecule has 1 aliphatic heterocycles. The summed E-state index contributed by atoms with van der Waals surface area (Å²) in [4.78, 5) is 25.1. The standard InChI is InChI=1S/C17H22N2O3/c1-12-10-22-11-13(2)19(12)17(21)9-6-15-4-7-16(8-5-15)18-14(3)20/h4-9,12-13H,10-11H2,1-3H3,(H,18,20)/b9-6+/t12-,13+. The Hall–Kier alpha value is -2.14. The number of anilines is 1. The molecule has 5 nitrogen and oxygen atoms in total. The molecule has 2 amide bonds. The Bertz CT molecular complexity index is 556. The molecule has 22 heavy (non-hydrogen) atoms. The van der Waals surface area contributed by atoms with Crippen LogP contribution in [-0.2, 0) is 14.3 Å². The summed E-state index contributed by atoms with van der Waals surface area (Å²) < 4.78 is 5.43. The number of ether oxygens (including phenoxy) is 1. The molecular weight excluding hydrogens is 280 g/mol. The van der Waals surface area contributed by atoms with Crippen molar-refractivity contribution in [2.45, 2.75) is 32.9 Å². The molecule has 0 unspecified atom stereocenters. The van der Waals surface area contributed by atoms with Gasteiger partial charge >= 0.3 is 0 Å². The number of nitrogens with one attached hydrogen (secondary N) is 1. The van der Waals surface area contributed by atoms with Crippen LogP contribution in [-0.4, -0.2) is 42.0 Å². The smallest absolute Gasteiger partial charge is 0.247 e. The van der Waals surface area contributed by atoms with E-state index in [1.54, 1.807) is 12.2 Å². The highest BCUT2D eigenvalue weighted by molar-refractivity contribution is 5.92. The van der Waals surface area contributed by atoms with E-state index in [2.05, 4.69) is 5.32 Å². The molecule has 0 radical (unpaired) electrons. The molecule has 1 aliphatic rings. The van der Waals surface area contributed by atoms with Crippen molar-refractivity contribution >= 4 is 23.6 Å². The third-order valence-corrected chi connectivity index (χ3v) is 3.57. The van der Waals surface area contributed by atoms with Gasteiger partial charge in [-0.1, -0.05) is 12.1 Å². The van der Waals surface area contributed by atoms with E-state index in [0.717, 1.165) is 11.3 Å². The molecule has 1 N–H and O–H groups in total. The van der Waals surface area contributed by atoms with E-state index in [4.69, 9.17) is 4.74 Å². The summed E-state index contributed by atoms with van der Waals surface area (Å²) in [5.74, 6) is -0.108. The van der Waals surface area contributed by atoms with Crippen LogP contribution in [0.3, 0.4) is 0 Å². The lowest BCUT2D eigenvalue weighted by Gasteiger charge is -2.38. The molecule has 1 heterocycles. The van der Waals surface area contributed by atoms with Gasteiger partial charge in [0.2, 0.25) is 11.8 Å². The molecule has 2 atom stereocenters. The zero-order chi connectivity index (χ0) is 16.1. The summed E-state index contributed by atoms with van der Waals surface area (Å²) in [6.45, 7) is 6.61.